The van der Waals surface area contributed by atoms with Crippen LogP contribution in [0, 0.1) is 12.0 Å². The largest absolute Gasteiger partial charge is 0.243 e. The molecule has 0 amide bonds. The second kappa shape index (κ2) is 6.12. The number of nitrogens with zero attached hydrogens (tertiary/aromatic N) is 1. The molecule has 0 saturated carbocycles. The van der Waals surface area contributed by atoms with E-state index in [4.69, 9.17) is 0 Å². The molecule has 0 atom stereocenters. The molecule has 0 unspecified atom stereocenters. The Kier molecular flexibility index (Phi) is 4.48. The fraction of sp³-hybridized carbons (Fsp3) is 0.0667. The molecule has 0 heterocycles. The SMILES string of the molecule is CS(=O)(=O)N(C#Cc1ccccc1)c1ccc(Br)cc1. The minimum absolute atomic E-state index is 0.513. The summed E-state index contributed by atoms with van der Waals surface area (Å²) < 4.78 is 25.7. The summed E-state index contributed by atoms with van der Waals surface area (Å²) in [4.78, 5) is 0. The van der Waals surface area contributed by atoms with Crippen molar-refractivity contribution in [2.45, 2.75) is 0 Å². The van der Waals surface area contributed by atoms with Crippen molar-refractivity contribution in [2.24, 2.45) is 0 Å². The van der Waals surface area contributed by atoms with E-state index in [-0.39, 0.29) is 0 Å². The highest BCUT2D eigenvalue weighted by Crippen LogP contribution is 2.20. The first-order valence-electron chi connectivity index (χ1n) is 5.79. The van der Waals surface area contributed by atoms with Crippen LogP contribution in [0.25, 0.3) is 0 Å². The topological polar surface area (TPSA) is 37.4 Å². The van der Waals surface area contributed by atoms with Crippen LogP contribution in [0.1, 0.15) is 5.56 Å². The standard InChI is InChI=1S/C15H12BrNO2S/c1-20(18,19)17(15-9-7-14(16)8-10-15)12-11-13-5-3-2-4-6-13/h2-10H,1H3. The van der Waals surface area contributed by atoms with Crippen LogP contribution in [-0.4, -0.2) is 14.7 Å². The lowest BCUT2D eigenvalue weighted by Gasteiger charge is -2.14. The number of benzene rings is 2. The van der Waals surface area contributed by atoms with E-state index in [9.17, 15) is 8.42 Å². The first-order valence-corrected chi connectivity index (χ1v) is 8.43. The molecule has 0 fully saturated rings. The average Bonchev–Trinajstić information content (AvgIpc) is 2.41. The number of anilines is 1. The molecule has 0 aromatic heterocycles. The molecule has 0 bridgehead atoms. The van der Waals surface area contributed by atoms with Crippen LogP contribution in [0.15, 0.2) is 59.1 Å². The number of hydrogen-bond acceptors (Lipinski definition) is 2. The van der Waals surface area contributed by atoms with E-state index in [1.54, 1.807) is 24.3 Å². The van der Waals surface area contributed by atoms with E-state index < -0.39 is 10.0 Å². The monoisotopic (exact) mass is 349 g/mol. The third-order valence-electron chi connectivity index (χ3n) is 2.47. The van der Waals surface area contributed by atoms with Gasteiger partial charge in [0, 0.05) is 16.1 Å². The van der Waals surface area contributed by atoms with Gasteiger partial charge in [0.1, 0.15) is 0 Å². The molecule has 102 valence electrons. The van der Waals surface area contributed by atoms with Crippen molar-refractivity contribution in [3.8, 4) is 12.0 Å². The number of rotatable bonds is 2. The quantitative estimate of drug-likeness (QED) is 0.616. The van der Waals surface area contributed by atoms with Gasteiger partial charge in [-0.25, -0.2) is 8.42 Å². The lowest BCUT2D eigenvalue weighted by atomic mass is 10.2. The van der Waals surface area contributed by atoms with Crippen LogP contribution in [0.5, 0.6) is 0 Å². The van der Waals surface area contributed by atoms with Gasteiger partial charge in [-0.05, 0) is 42.3 Å². The highest BCUT2D eigenvalue weighted by molar-refractivity contribution is 9.10. The predicted octanol–water partition coefficient (Wildman–Crippen LogP) is 3.22. The summed E-state index contributed by atoms with van der Waals surface area (Å²) in [5, 5.41) is 0. The maximum atomic E-state index is 11.8. The molecule has 0 spiro atoms. The van der Waals surface area contributed by atoms with Gasteiger partial charge >= 0.3 is 0 Å². The number of hydrogen-bond donors (Lipinski definition) is 0. The minimum atomic E-state index is -3.46. The Bertz CT molecular complexity index is 744. The molecule has 0 aliphatic heterocycles. The van der Waals surface area contributed by atoms with Gasteiger partial charge < -0.3 is 0 Å². The molecule has 5 heteroatoms. The molecule has 2 aromatic carbocycles. The summed E-state index contributed by atoms with van der Waals surface area (Å²) in [6, 6.07) is 18.9. The Balaban J connectivity index is 2.41. The predicted molar refractivity (Wildman–Crippen MR) is 84.8 cm³/mol. The average molecular weight is 350 g/mol. The molecule has 0 aliphatic carbocycles. The Morgan fingerprint density at radius 1 is 1.00 bits per heavy atom. The van der Waals surface area contributed by atoms with Crippen molar-refractivity contribution < 1.29 is 8.42 Å². The van der Waals surface area contributed by atoms with E-state index in [2.05, 4.69) is 27.9 Å². The van der Waals surface area contributed by atoms with Crippen molar-refractivity contribution >= 4 is 31.6 Å². The van der Waals surface area contributed by atoms with E-state index in [0.29, 0.717) is 5.69 Å². The van der Waals surface area contributed by atoms with Crippen molar-refractivity contribution in [2.75, 3.05) is 10.6 Å². The highest BCUT2D eigenvalue weighted by Gasteiger charge is 2.14. The molecule has 2 aromatic rings. The third-order valence-corrected chi connectivity index (χ3v) is 3.96. The fourth-order valence-corrected chi connectivity index (χ4v) is 2.53. The first kappa shape index (κ1) is 14.6. The molecular formula is C15H12BrNO2S. The number of halogens is 1. The molecule has 0 radical (unpaired) electrons. The fourth-order valence-electron chi connectivity index (χ4n) is 1.55. The van der Waals surface area contributed by atoms with Crippen molar-refractivity contribution in [1.29, 1.82) is 0 Å². The van der Waals surface area contributed by atoms with Gasteiger partial charge in [-0.1, -0.05) is 34.1 Å². The second-order valence-electron chi connectivity index (χ2n) is 4.11. The van der Waals surface area contributed by atoms with Gasteiger partial charge in [0.25, 0.3) is 0 Å². The van der Waals surface area contributed by atoms with E-state index in [1.807, 2.05) is 30.3 Å². The Morgan fingerprint density at radius 2 is 1.60 bits per heavy atom. The normalized spacial score (nSPS) is 10.5. The lowest BCUT2D eigenvalue weighted by Crippen LogP contribution is -2.24. The molecular weight excluding hydrogens is 338 g/mol. The first-order chi connectivity index (χ1) is 9.47. The van der Waals surface area contributed by atoms with Crippen LogP contribution in [-0.2, 0) is 10.0 Å². The molecule has 2 rings (SSSR count). The van der Waals surface area contributed by atoms with Gasteiger partial charge in [-0.2, -0.15) is 4.31 Å². The van der Waals surface area contributed by atoms with Gasteiger partial charge in [-0.15, -0.1) is 0 Å². The third kappa shape index (κ3) is 3.86. The van der Waals surface area contributed by atoms with Crippen LogP contribution in [0.4, 0.5) is 5.69 Å². The van der Waals surface area contributed by atoms with Gasteiger partial charge in [0.05, 0.1) is 11.9 Å². The van der Waals surface area contributed by atoms with E-state index in [0.717, 1.165) is 20.6 Å². The maximum Gasteiger partial charge on any atom is 0.243 e. The Morgan fingerprint density at radius 3 is 2.15 bits per heavy atom. The summed E-state index contributed by atoms with van der Waals surface area (Å²) in [5.41, 5.74) is 1.28. The highest BCUT2D eigenvalue weighted by atomic mass is 79.9. The maximum absolute atomic E-state index is 11.8. The van der Waals surface area contributed by atoms with Crippen LogP contribution < -0.4 is 4.31 Å². The van der Waals surface area contributed by atoms with Gasteiger partial charge in [0.2, 0.25) is 10.0 Å². The Labute approximate surface area is 127 Å². The smallest absolute Gasteiger partial charge is 0.206 e. The van der Waals surface area contributed by atoms with Gasteiger partial charge in [-0.3, -0.25) is 0 Å². The zero-order valence-electron chi connectivity index (χ0n) is 10.7. The summed E-state index contributed by atoms with van der Waals surface area (Å²) in [5.74, 6) is 2.85. The lowest BCUT2D eigenvalue weighted by molar-refractivity contribution is 0.602. The summed E-state index contributed by atoms with van der Waals surface area (Å²) in [6.45, 7) is 0. The Hall–Kier alpha value is -1.77. The second-order valence-corrected chi connectivity index (χ2v) is 6.85. The van der Waals surface area contributed by atoms with Gasteiger partial charge in [0.15, 0.2) is 0 Å². The molecule has 3 nitrogen and oxygen atoms in total. The molecule has 0 saturated heterocycles. The summed E-state index contributed by atoms with van der Waals surface area (Å²) >= 11 is 3.32. The van der Waals surface area contributed by atoms with Crippen molar-refractivity contribution in [1.82, 2.24) is 0 Å². The summed E-state index contributed by atoms with van der Waals surface area (Å²) in [6.07, 6.45) is 1.13. The number of sulfonamides is 1. The summed E-state index contributed by atoms with van der Waals surface area (Å²) in [7, 11) is -3.46. The van der Waals surface area contributed by atoms with Crippen LogP contribution in [0.2, 0.25) is 0 Å². The molecule has 20 heavy (non-hydrogen) atoms. The van der Waals surface area contributed by atoms with Crippen LogP contribution in [0.3, 0.4) is 0 Å². The van der Waals surface area contributed by atoms with Crippen molar-refractivity contribution in [3.63, 3.8) is 0 Å². The van der Waals surface area contributed by atoms with E-state index >= 15 is 0 Å². The molecule has 0 N–H and O–H groups in total. The molecule has 0 aliphatic rings. The van der Waals surface area contributed by atoms with Crippen LogP contribution >= 0.6 is 15.9 Å². The zero-order chi connectivity index (χ0) is 14.6. The zero-order valence-corrected chi connectivity index (χ0v) is 13.1. The van der Waals surface area contributed by atoms with Crippen molar-refractivity contribution in [3.05, 3.63) is 64.6 Å². The van der Waals surface area contributed by atoms with E-state index in [1.165, 1.54) is 0 Å². The minimum Gasteiger partial charge on any atom is -0.206 e.